The van der Waals surface area contributed by atoms with Gasteiger partial charge in [-0.2, -0.15) is 17.9 Å². The van der Waals surface area contributed by atoms with Gasteiger partial charge in [0.05, 0.1) is 7.05 Å². The summed E-state index contributed by atoms with van der Waals surface area (Å²) in [4.78, 5) is 14.0. The third-order valence-corrected chi connectivity index (χ3v) is 2.65. The summed E-state index contributed by atoms with van der Waals surface area (Å²) >= 11 is 4.20. The van der Waals surface area contributed by atoms with E-state index in [4.69, 9.17) is 9.68 Å². The molecular formula is C8H6N6O3S. The molecule has 9 nitrogen and oxygen atoms in total. The lowest BCUT2D eigenvalue weighted by molar-refractivity contribution is -0.391. The number of hydrogen-bond donors (Lipinski definition) is 1. The van der Waals surface area contributed by atoms with Crippen molar-refractivity contribution in [3.63, 3.8) is 0 Å². The monoisotopic (exact) mass is 266 g/mol. The molecule has 2 rings (SSSR count). The zero-order valence-electron chi connectivity index (χ0n) is 9.01. The van der Waals surface area contributed by atoms with E-state index < -0.39 is 10.2 Å². The maximum atomic E-state index is 10.7. The Labute approximate surface area is 106 Å². The maximum absolute atomic E-state index is 10.7. The van der Waals surface area contributed by atoms with Crippen molar-refractivity contribution in [2.45, 2.75) is 5.25 Å². The lowest BCUT2D eigenvalue weighted by atomic mass is 10.4. The van der Waals surface area contributed by atoms with Crippen LogP contribution >= 0.6 is 12.6 Å². The Bertz CT molecular complexity index is 642. The molecule has 0 aliphatic heterocycles. The van der Waals surface area contributed by atoms with E-state index in [1.165, 1.54) is 11.6 Å². The first-order chi connectivity index (χ1) is 8.54. The van der Waals surface area contributed by atoms with Crippen LogP contribution in [0.1, 0.15) is 22.9 Å². The third kappa shape index (κ3) is 1.91. The molecule has 2 aromatic heterocycles. The molecule has 0 amide bonds. The fourth-order valence-electron chi connectivity index (χ4n) is 1.34. The highest BCUT2D eigenvalue weighted by molar-refractivity contribution is 7.80. The largest absolute Gasteiger partial charge is 0.411 e. The molecule has 18 heavy (non-hydrogen) atoms. The highest BCUT2D eigenvalue weighted by Gasteiger charge is 2.27. The summed E-state index contributed by atoms with van der Waals surface area (Å²) in [5, 5.41) is 25.6. The van der Waals surface area contributed by atoms with Crippen LogP contribution in [0.2, 0.25) is 0 Å². The van der Waals surface area contributed by atoms with Gasteiger partial charge in [-0.05, 0) is 4.92 Å². The smallest absolute Gasteiger partial charge is 0.342 e. The van der Waals surface area contributed by atoms with Crippen LogP contribution in [0.3, 0.4) is 0 Å². The summed E-state index contributed by atoms with van der Waals surface area (Å²) in [5.41, 5.74) is 0. The van der Waals surface area contributed by atoms with Gasteiger partial charge in [0.2, 0.25) is 11.7 Å². The first-order valence-electron chi connectivity index (χ1n) is 4.62. The van der Waals surface area contributed by atoms with Gasteiger partial charge in [-0.25, -0.2) is 9.55 Å². The summed E-state index contributed by atoms with van der Waals surface area (Å²) in [6.07, 6.45) is 1.11. The topological polar surface area (TPSA) is 124 Å². The van der Waals surface area contributed by atoms with Crippen LogP contribution in [0.4, 0.5) is 5.82 Å². The lowest BCUT2D eigenvalue weighted by Crippen LogP contribution is -2.05. The fourth-order valence-corrected chi connectivity index (χ4v) is 1.68. The molecule has 1 unspecified atom stereocenters. The molecule has 0 radical (unpaired) electrons. The molecule has 2 aromatic rings. The molecule has 92 valence electrons. The van der Waals surface area contributed by atoms with E-state index in [0.717, 1.165) is 6.20 Å². The van der Waals surface area contributed by atoms with Crippen LogP contribution in [-0.2, 0) is 7.05 Å². The van der Waals surface area contributed by atoms with E-state index in [1.54, 1.807) is 6.07 Å². The number of nitriles is 1. The Hall–Kier alpha value is -2.41. The lowest BCUT2D eigenvalue weighted by Gasteiger charge is -2.02. The van der Waals surface area contributed by atoms with Crippen molar-refractivity contribution in [1.82, 2.24) is 19.7 Å². The molecular weight excluding hydrogens is 260 g/mol. The van der Waals surface area contributed by atoms with Crippen LogP contribution in [0.15, 0.2) is 10.6 Å². The molecule has 10 heteroatoms. The van der Waals surface area contributed by atoms with Crippen molar-refractivity contribution in [2.24, 2.45) is 7.05 Å². The highest BCUT2D eigenvalue weighted by Crippen LogP contribution is 2.28. The summed E-state index contributed by atoms with van der Waals surface area (Å²) in [6, 6.07) is 1.68. The molecule has 0 saturated carbocycles. The molecule has 0 bridgehead atoms. The second kappa shape index (κ2) is 4.46. The average molecular weight is 266 g/mol. The summed E-state index contributed by atoms with van der Waals surface area (Å²) in [6.45, 7) is 0. The van der Waals surface area contributed by atoms with Crippen LogP contribution in [0.25, 0.3) is 0 Å². The van der Waals surface area contributed by atoms with Crippen LogP contribution in [0, 0.1) is 21.4 Å². The molecule has 0 spiro atoms. The molecule has 0 saturated heterocycles. The van der Waals surface area contributed by atoms with Gasteiger partial charge in [-0.15, -0.1) is 5.10 Å². The van der Waals surface area contributed by atoms with E-state index in [0.29, 0.717) is 0 Å². The van der Waals surface area contributed by atoms with Crippen molar-refractivity contribution in [3.8, 4) is 6.07 Å². The van der Waals surface area contributed by atoms with Crippen LogP contribution in [0.5, 0.6) is 0 Å². The Morgan fingerprint density at radius 2 is 2.39 bits per heavy atom. The maximum Gasteiger partial charge on any atom is 0.342 e. The fraction of sp³-hybridized carbons (Fsp3) is 0.250. The number of hydrogen-bond acceptors (Lipinski definition) is 8. The summed E-state index contributed by atoms with van der Waals surface area (Å²) < 4.78 is 6.25. The van der Waals surface area contributed by atoms with E-state index in [-0.39, 0.29) is 23.4 Å². The number of imidazole rings is 1. The van der Waals surface area contributed by atoms with Gasteiger partial charge >= 0.3 is 11.7 Å². The first kappa shape index (κ1) is 12.1. The minimum Gasteiger partial charge on any atom is -0.411 e. The Morgan fingerprint density at radius 1 is 1.67 bits per heavy atom. The van der Waals surface area contributed by atoms with Crippen molar-refractivity contribution in [2.75, 3.05) is 0 Å². The number of aromatic nitrogens is 4. The Morgan fingerprint density at radius 3 is 2.89 bits per heavy atom. The number of thiol groups is 1. The molecule has 0 aliphatic carbocycles. The second-order valence-corrected chi connectivity index (χ2v) is 3.77. The Kier molecular flexibility index (Phi) is 2.99. The minimum atomic E-state index is -0.738. The highest BCUT2D eigenvalue weighted by atomic mass is 32.1. The van der Waals surface area contributed by atoms with E-state index in [1.807, 2.05) is 0 Å². The molecule has 1 atom stereocenters. The van der Waals surface area contributed by atoms with Gasteiger partial charge in [0.1, 0.15) is 6.20 Å². The molecule has 0 N–H and O–H groups in total. The van der Waals surface area contributed by atoms with Gasteiger partial charge in [0, 0.05) is 0 Å². The number of nitrogens with zero attached hydrogens (tertiary/aromatic N) is 6. The van der Waals surface area contributed by atoms with Gasteiger partial charge in [0.15, 0.2) is 11.3 Å². The molecule has 2 heterocycles. The van der Waals surface area contributed by atoms with E-state index in [2.05, 4.69) is 27.8 Å². The normalized spacial score (nSPS) is 12.1. The summed E-state index contributed by atoms with van der Waals surface area (Å²) in [7, 11) is 1.48. The predicted molar refractivity (Wildman–Crippen MR) is 59.7 cm³/mol. The van der Waals surface area contributed by atoms with E-state index >= 15 is 0 Å². The Balaban J connectivity index is 2.37. The zero-order valence-corrected chi connectivity index (χ0v) is 9.90. The van der Waals surface area contributed by atoms with Crippen molar-refractivity contribution >= 4 is 18.4 Å². The van der Waals surface area contributed by atoms with Crippen molar-refractivity contribution < 1.29 is 9.34 Å². The van der Waals surface area contributed by atoms with Gasteiger partial charge in [0.25, 0.3) is 0 Å². The van der Waals surface area contributed by atoms with E-state index in [9.17, 15) is 10.1 Å². The van der Waals surface area contributed by atoms with Gasteiger partial charge < -0.3 is 14.5 Å². The zero-order chi connectivity index (χ0) is 13.3. The molecule has 0 fully saturated rings. The SMILES string of the molecule is Cn1c([N+](=O)[O-])cnc1C(S)c1nnc(C#N)o1. The average Bonchev–Trinajstić information content (AvgIpc) is 2.94. The number of rotatable bonds is 3. The van der Waals surface area contributed by atoms with Gasteiger partial charge in [-0.3, -0.25) is 0 Å². The predicted octanol–water partition coefficient (Wildman–Crippen LogP) is 0.602. The van der Waals surface area contributed by atoms with Crippen molar-refractivity contribution in [1.29, 1.82) is 5.26 Å². The quantitative estimate of drug-likeness (QED) is 0.490. The van der Waals surface area contributed by atoms with Crippen LogP contribution < -0.4 is 0 Å². The standard InChI is InChI=1S/C8H6N6O3S/c1-13-5(14(15)16)3-10-7(13)6(18)8-12-11-4(2-9)17-8/h3,6,18H,1H3. The minimum absolute atomic E-state index is 0.0541. The number of nitro groups is 1. The molecule has 0 aliphatic rings. The second-order valence-electron chi connectivity index (χ2n) is 3.25. The third-order valence-electron chi connectivity index (χ3n) is 2.20. The summed E-state index contributed by atoms with van der Waals surface area (Å²) in [5.74, 6) is -0.0477. The first-order valence-corrected chi connectivity index (χ1v) is 5.13. The van der Waals surface area contributed by atoms with Crippen LogP contribution in [-0.4, -0.2) is 24.7 Å². The molecule has 0 aromatic carbocycles. The van der Waals surface area contributed by atoms with Crippen molar-refractivity contribution in [3.05, 3.63) is 33.9 Å². The van der Waals surface area contributed by atoms with Gasteiger partial charge in [-0.1, -0.05) is 5.10 Å².